The van der Waals surface area contributed by atoms with E-state index in [-0.39, 0.29) is 10.8 Å². The van der Waals surface area contributed by atoms with Crippen LogP contribution in [-0.4, -0.2) is 12.9 Å². The number of rotatable bonds is 4. The minimum absolute atomic E-state index is 0.0465. The lowest BCUT2D eigenvalue weighted by atomic mass is 10.1. The zero-order valence-electron chi connectivity index (χ0n) is 10.9. The molecule has 2 aromatic rings. The summed E-state index contributed by atoms with van der Waals surface area (Å²) in [6.07, 6.45) is 0. The van der Waals surface area contributed by atoms with Gasteiger partial charge in [0.2, 0.25) is 0 Å². The second-order valence-corrected chi connectivity index (χ2v) is 4.47. The number of Topliss-reactive ketones (excluding diaryl/α,β-unsaturated/α-hetero) is 1. The molecule has 2 rings (SSSR count). The maximum absolute atomic E-state index is 13.1. The van der Waals surface area contributed by atoms with E-state index in [0.29, 0.717) is 22.8 Å². The van der Waals surface area contributed by atoms with Gasteiger partial charge in [-0.1, -0.05) is 17.7 Å². The van der Waals surface area contributed by atoms with Crippen LogP contribution >= 0.6 is 11.6 Å². The lowest BCUT2D eigenvalue weighted by Gasteiger charge is -2.12. The van der Waals surface area contributed by atoms with Crippen molar-refractivity contribution in [2.75, 3.05) is 7.11 Å². The summed E-state index contributed by atoms with van der Waals surface area (Å²) in [5.41, 5.74) is 0.329. The maximum Gasteiger partial charge on any atom is 0.167 e. The number of ether oxygens (including phenoxy) is 2. The predicted octanol–water partition coefficient (Wildman–Crippen LogP) is 4.48. The number of carbonyl (C=O) groups excluding carboxylic acids is 1. The number of ketones is 1. The van der Waals surface area contributed by atoms with E-state index < -0.39 is 5.82 Å². The number of hydrogen-bond donors (Lipinski definition) is 0. The largest absolute Gasteiger partial charge is 0.496 e. The molecular weight excluding hydrogens is 283 g/mol. The molecular formula is C15H12ClFO3. The summed E-state index contributed by atoms with van der Waals surface area (Å²) < 4.78 is 23.8. The highest BCUT2D eigenvalue weighted by atomic mass is 35.5. The lowest BCUT2D eigenvalue weighted by Crippen LogP contribution is -2.01. The molecule has 0 unspecified atom stereocenters. The Morgan fingerprint density at radius 2 is 1.90 bits per heavy atom. The monoisotopic (exact) mass is 294 g/mol. The van der Waals surface area contributed by atoms with Crippen LogP contribution in [0.3, 0.4) is 0 Å². The zero-order chi connectivity index (χ0) is 14.7. The molecule has 0 amide bonds. The van der Waals surface area contributed by atoms with E-state index in [9.17, 15) is 9.18 Å². The molecule has 20 heavy (non-hydrogen) atoms. The van der Waals surface area contributed by atoms with Gasteiger partial charge in [-0.3, -0.25) is 4.79 Å². The number of methoxy groups -OCH3 is 1. The zero-order valence-corrected chi connectivity index (χ0v) is 11.7. The fraction of sp³-hybridized carbons (Fsp3) is 0.133. The average Bonchev–Trinajstić information content (AvgIpc) is 2.42. The molecule has 3 nitrogen and oxygen atoms in total. The predicted molar refractivity (Wildman–Crippen MR) is 74.5 cm³/mol. The molecule has 0 N–H and O–H groups in total. The molecule has 0 atom stereocenters. The Labute approximate surface area is 120 Å². The Kier molecular flexibility index (Phi) is 4.25. The van der Waals surface area contributed by atoms with E-state index in [0.717, 1.165) is 0 Å². The van der Waals surface area contributed by atoms with Gasteiger partial charge in [-0.05, 0) is 31.2 Å². The maximum atomic E-state index is 13.1. The molecule has 5 heteroatoms. The summed E-state index contributed by atoms with van der Waals surface area (Å²) in [6.45, 7) is 1.42. The minimum Gasteiger partial charge on any atom is -0.496 e. The van der Waals surface area contributed by atoms with Crippen LogP contribution in [0.25, 0.3) is 0 Å². The fourth-order valence-electron chi connectivity index (χ4n) is 1.78. The van der Waals surface area contributed by atoms with Crippen molar-refractivity contribution in [3.05, 3.63) is 52.8 Å². The van der Waals surface area contributed by atoms with Crippen molar-refractivity contribution in [1.29, 1.82) is 0 Å². The molecule has 0 spiro atoms. The topological polar surface area (TPSA) is 35.5 Å². The number of benzene rings is 2. The van der Waals surface area contributed by atoms with Gasteiger partial charge in [0.25, 0.3) is 0 Å². The summed E-state index contributed by atoms with van der Waals surface area (Å²) in [7, 11) is 1.47. The van der Waals surface area contributed by atoms with Gasteiger partial charge < -0.3 is 9.47 Å². The highest BCUT2D eigenvalue weighted by Gasteiger charge is 2.15. The first-order valence-electron chi connectivity index (χ1n) is 5.83. The molecule has 0 saturated carbocycles. The summed E-state index contributed by atoms with van der Waals surface area (Å²) in [5, 5.41) is -0.0465. The van der Waals surface area contributed by atoms with Gasteiger partial charge in [0, 0.05) is 6.07 Å². The molecule has 0 radical (unpaired) electrons. The Balaban J connectivity index is 2.42. The van der Waals surface area contributed by atoms with E-state index >= 15 is 0 Å². The van der Waals surface area contributed by atoms with E-state index in [1.165, 1.54) is 32.2 Å². The van der Waals surface area contributed by atoms with Gasteiger partial charge in [0.05, 0.1) is 12.1 Å². The Hall–Kier alpha value is -2.07. The van der Waals surface area contributed by atoms with Crippen LogP contribution in [0.5, 0.6) is 17.2 Å². The van der Waals surface area contributed by atoms with Gasteiger partial charge in [-0.15, -0.1) is 0 Å². The van der Waals surface area contributed by atoms with E-state index in [4.69, 9.17) is 21.1 Å². The second kappa shape index (κ2) is 5.92. The van der Waals surface area contributed by atoms with Crippen molar-refractivity contribution in [2.24, 2.45) is 0 Å². The first-order valence-corrected chi connectivity index (χ1v) is 6.21. The number of halogens is 2. The van der Waals surface area contributed by atoms with E-state index in [1.807, 2.05) is 0 Å². The highest BCUT2D eigenvalue weighted by Crippen LogP contribution is 2.33. The van der Waals surface area contributed by atoms with Crippen molar-refractivity contribution >= 4 is 17.4 Å². The molecule has 0 aliphatic heterocycles. The molecule has 0 bridgehead atoms. The van der Waals surface area contributed by atoms with Gasteiger partial charge in [-0.2, -0.15) is 0 Å². The van der Waals surface area contributed by atoms with Crippen LogP contribution in [-0.2, 0) is 0 Å². The van der Waals surface area contributed by atoms with Crippen molar-refractivity contribution < 1.29 is 18.7 Å². The first kappa shape index (κ1) is 14.3. The molecule has 2 aromatic carbocycles. The third kappa shape index (κ3) is 2.91. The van der Waals surface area contributed by atoms with Crippen molar-refractivity contribution in [2.45, 2.75) is 6.92 Å². The SMILES string of the molecule is COc1cccc(Oc2ccc(F)c(Cl)c2)c1C(C)=O. The summed E-state index contributed by atoms with van der Waals surface area (Å²) in [6, 6.07) is 8.99. The van der Waals surface area contributed by atoms with Crippen molar-refractivity contribution in [3.8, 4) is 17.2 Å². The number of carbonyl (C=O) groups is 1. The van der Waals surface area contributed by atoms with Crippen LogP contribution in [0, 0.1) is 5.82 Å². The Morgan fingerprint density at radius 3 is 2.50 bits per heavy atom. The molecule has 0 aliphatic rings. The summed E-state index contributed by atoms with van der Waals surface area (Å²) in [4.78, 5) is 11.7. The van der Waals surface area contributed by atoms with Gasteiger partial charge in [-0.25, -0.2) is 4.39 Å². The van der Waals surface area contributed by atoms with Crippen LogP contribution in [0.4, 0.5) is 4.39 Å². The summed E-state index contributed by atoms with van der Waals surface area (Å²) >= 11 is 5.69. The fourth-order valence-corrected chi connectivity index (χ4v) is 1.95. The van der Waals surface area contributed by atoms with E-state index in [2.05, 4.69) is 0 Å². The van der Waals surface area contributed by atoms with Crippen LogP contribution in [0.15, 0.2) is 36.4 Å². The molecule has 0 fully saturated rings. The molecule has 0 aromatic heterocycles. The Morgan fingerprint density at radius 1 is 1.20 bits per heavy atom. The second-order valence-electron chi connectivity index (χ2n) is 4.07. The lowest BCUT2D eigenvalue weighted by molar-refractivity contribution is 0.101. The molecule has 0 heterocycles. The minimum atomic E-state index is -0.531. The van der Waals surface area contributed by atoms with Gasteiger partial charge >= 0.3 is 0 Å². The Bertz CT molecular complexity index is 656. The average molecular weight is 295 g/mol. The van der Waals surface area contributed by atoms with Gasteiger partial charge in [0.15, 0.2) is 5.78 Å². The van der Waals surface area contributed by atoms with Crippen LogP contribution < -0.4 is 9.47 Å². The molecule has 0 aliphatic carbocycles. The van der Waals surface area contributed by atoms with Gasteiger partial charge in [0.1, 0.15) is 28.6 Å². The summed E-state index contributed by atoms with van der Waals surface area (Å²) in [5.74, 6) is 0.372. The standard InChI is InChI=1S/C15H12ClFO3/c1-9(18)15-13(19-2)4-3-5-14(15)20-10-6-7-12(17)11(16)8-10/h3-8H,1-2H3. The highest BCUT2D eigenvalue weighted by molar-refractivity contribution is 6.30. The van der Waals surface area contributed by atoms with Crippen LogP contribution in [0.2, 0.25) is 5.02 Å². The smallest absolute Gasteiger partial charge is 0.167 e. The quantitative estimate of drug-likeness (QED) is 0.780. The number of hydrogen-bond acceptors (Lipinski definition) is 3. The van der Waals surface area contributed by atoms with Crippen molar-refractivity contribution in [3.63, 3.8) is 0 Å². The molecule has 0 saturated heterocycles. The van der Waals surface area contributed by atoms with Crippen molar-refractivity contribution in [1.82, 2.24) is 0 Å². The third-order valence-corrected chi connectivity index (χ3v) is 2.97. The third-order valence-electron chi connectivity index (χ3n) is 2.68. The molecule has 104 valence electrons. The first-order chi connectivity index (χ1) is 9.52. The normalized spacial score (nSPS) is 10.2. The van der Waals surface area contributed by atoms with Crippen LogP contribution in [0.1, 0.15) is 17.3 Å². The van der Waals surface area contributed by atoms with E-state index in [1.54, 1.807) is 18.2 Å².